The van der Waals surface area contributed by atoms with E-state index in [1.54, 1.807) is 6.34 Å². The van der Waals surface area contributed by atoms with Crippen molar-refractivity contribution in [3.63, 3.8) is 0 Å². The highest BCUT2D eigenvalue weighted by atomic mass is 35.6. The van der Waals surface area contributed by atoms with Crippen LogP contribution in [0.4, 0.5) is 0 Å². The zero-order chi connectivity index (χ0) is 8.48. The van der Waals surface area contributed by atoms with Gasteiger partial charge in [0.05, 0.1) is 0 Å². The molecule has 1 rings (SSSR count). The van der Waals surface area contributed by atoms with Gasteiger partial charge < -0.3 is 4.90 Å². The van der Waals surface area contributed by atoms with Crippen LogP contribution in [-0.4, -0.2) is 27.7 Å². The van der Waals surface area contributed by atoms with Crippen LogP contribution < -0.4 is 5.43 Å². The predicted octanol–water partition coefficient (Wildman–Crippen LogP) is 1.55. The van der Waals surface area contributed by atoms with E-state index in [0.717, 1.165) is 6.54 Å². The van der Waals surface area contributed by atoms with Crippen LogP contribution in [0.15, 0.2) is 5.10 Å². The molecule has 0 aromatic carbocycles. The lowest BCUT2D eigenvalue weighted by atomic mass is 10.5. The first-order chi connectivity index (χ1) is 5.05. The van der Waals surface area contributed by atoms with Gasteiger partial charge in [-0.05, 0) is 6.92 Å². The van der Waals surface area contributed by atoms with Crippen LogP contribution in [0.25, 0.3) is 0 Å². The van der Waals surface area contributed by atoms with Crippen LogP contribution in [0, 0.1) is 0 Å². The minimum atomic E-state index is -1.34. The minimum Gasteiger partial charge on any atom is -0.336 e. The van der Waals surface area contributed by atoms with Crippen molar-refractivity contribution in [2.75, 3.05) is 6.54 Å². The van der Waals surface area contributed by atoms with Crippen molar-refractivity contribution in [1.29, 1.82) is 0 Å². The molecule has 0 radical (unpaired) electrons. The molecule has 1 aliphatic rings. The smallest absolute Gasteiger partial charge is 0.230 e. The molecule has 1 unspecified atom stereocenters. The lowest BCUT2D eigenvalue weighted by Crippen LogP contribution is -2.46. The summed E-state index contributed by atoms with van der Waals surface area (Å²) in [5.41, 5.74) is 2.70. The average Bonchev–Trinajstić information content (AvgIpc) is 2.31. The summed E-state index contributed by atoms with van der Waals surface area (Å²) in [6.45, 7) is 2.72. The number of alkyl halides is 3. The van der Waals surface area contributed by atoms with Gasteiger partial charge in [-0.15, -0.1) is 0 Å². The predicted molar refractivity (Wildman–Crippen MR) is 48.1 cm³/mol. The van der Waals surface area contributed by atoms with Crippen LogP contribution in [0.3, 0.4) is 0 Å². The third-order valence-electron chi connectivity index (χ3n) is 1.41. The molecule has 0 aromatic rings. The monoisotopic (exact) mass is 215 g/mol. The van der Waals surface area contributed by atoms with E-state index in [-0.39, 0.29) is 6.17 Å². The van der Waals surface area contributed by atoms with Gasteiger partial charge in [-0.2, -0.15) is 5.10 Å². The Morgan fingerprint density at radius 3 is 2.64 bits per heavy atom. The fourth-order valence-electron chi connectivity index (χ4n) is 0.844. The highest BCUT2D eigenvalue weighted by molar-refractivity contribution is 6.68. The van der Waals surface area contributed by atoms with E-state index >= 15 is 0 Å². The quantitative estimate of drug-likeness (QED) is 0.674. The molecule has 0 bridgehead atoms. The lowest BCUT2D eigenvalue weighted by molar-refractivity contribution is 0.321. The third kappa shape index (κ3) is 2.04. The SMILES string of the molecule is CCN1C=NNC1C(Cl)(Cl)Cl. The summed E-state index contributed by atoms with van der Waals surface area (Å²) in [5, 5.41) is 3.78. The second kappa shape index (κ2) is 3.25. The zero-order valence-electron chi connectivity index (χ0n) is 5.89. The number of hydrogen-bond acceptors (Lipinski definition) is 3. The van der Waals surface area contributed by atoms with Crippen LogP contribution in [-0.2, 0) is 0 Å². The average molecular weight is 216 g/mol. The number of nitrogens with one attached hydrogen (secondary N) is 1. The molecule has 0 saturated heterocycles. The highest BCUT2D eigenvalue weighted by Gasteiger charge is 2.38. The van der Waals surface area contributed by atoms with E-state index in [4.69, 9.17) is 34.8 Å². The first kappa shape index (κ1) is 9.23. The summed E-state index contributed by atoms with van der Waals surface area (Å²) in [7, 11) is 0. The van der Waals surface area contributed by atoms with E-state index in [2.05, 4.69) is 10.5 Å². The molecule has 0 saturated carbocycles. The van der Waals surface area contributed by atoms with Crippen molar-refractivity contribution >= 4 is 41.1 Å². The molecule has 6 heteroatoms. The van der Waals surface area contributed by atoms with E-state index in [1.165, 1.54) is 0 Å². The number of hydrogen-bond donors (Lipinski definition) is 1. The molecule has 1 aliphatic heterocycles. The van der Waals surface area contributed by atoms with Crippen LogP contribution in [0.5, 0.6) is 0 Å². The van der Waals surface area contributed by atoms with E-state index < -0.39 is 3.79 Å². The number of hydrazone groups is 1. The van der Waals surface area contributed by atoms with Gasteiger partial charge in [-0.1, -0.05) is 34.8 Å². The molecule has 0 amide bonds. The van der Waals surface area contributed by atoms with E-state index in [9.17, 15) is 0 Å². The van der Waals surface area contributed by atoms with Gasteiger partial charge in [-0.3, -0.25) is 5.43 Å². The summed E-state index contributed by atoms with van der Waals surface area (Å²) >= 11 is 17.0. The summed E-state index contributed by atoms with van der Waals surface area (Å²) in [6.07, 6.45) is 1.27. The summed E-state index contributed by atoms with van der Waals surface area (Å²) in [6, 6.07) is 0. The maximum Gasteiger partial charge on any atom is 0.230 e. The largest absolute Gasteiger partial charge is 0.336 e. The van der Waals surface area contributed by atoms with Crippen molar-refractivity contribution in [1.82, 2.24) is 10.3 Å². The van der Waals surface area contributed by atoms with Gasteiger partial charge >= 0.3 is 0 Å². The van der Waals surface area contributed by atoms with Gasteiger partial charge in [0.2, 0.25) is 3.79 Å². The number of nitrogens with zero attached hydrogens (tertiary/aromatic N) is 2. The molecule has 0 aliphatic carbocycles. The summed E-state index contributed by atoms with van der Waals surface area (Å²) < 4.78 is -1.34. The summed E-state index contributed by atoms with van der Waals surface area (Å²) in [5.74, 6) is 0. The van der Waals surface area contributed by atoms with Crippen LogP contribution >= 0.6 is 34.8 Å². The van der Waals surface area contributed by atoms with Crippen molar-refractivity contribution in [3.8, 4) is 0 Å². The molecule has 11 heavy (non-hydrogen) atoms. The fraction of sp³-hybridized carbons (Fsp3) is 0.800. The van der Waals surface area contributed by atoms with Gasteiger partial charge in [-0.25, -0.2) is 0 Å². The second-order valence-electron chi connectivity index (χ2n) is 2.15. The van der Waals surface area contributed by atoms with Gasteiger partial charge in [0.25, 0.3) is 0 Å². The molecule has 1 atom stereocenters. The van der Waals surface area contributed by atoms with Crippen molar-refractivity contribution in [3.05, 3.63) is 0 Å². The van der Waals surface area contributed by atoms with E-state index in [1.807, 2.05) is 11.8 Å². The van der Waals surface area contributed by atoms with Crippen molar-refractivity contribution in [2.24, 2.45) is 5.10 Å². The Morgan fingerprint density at radius 1 is 1.64 bits per heavy atom. The molecule has 0 spiro atoms. The first-order valence-electron chi connectivity index (χ1n) is 3.17. The molecule has 1 N–H and O–H groups in total. The Labute approximate surface area is 80.3 Å². The molecule has 0 fully saturated rings. The molecule has 0 aromatic heterocycles. The number of rotatable bonds is 1. The fourth-order valence-corrected chi connectivity index (χ4v) is 1.37. The summed E-state index contributed by atoms with van der Waals surface area (Å²) in [4.78, 5) is 1.81. The van der Waals surface area contributed by atoms with Gasteiger partial charge in [0.1, 0.15) is 6.34 Å². The topological polar surface area (TPSA) is 27.6 Å². The third-order valence-corrected chi connectivity index (χ3v) is 2.03. The Balaban J connectivity index is 2.61. The van der Waals surface area contributed by atoms with Crippen molar-refractivity contribution < 1.29 is 0 Å². The maximum absolute atomic E-state index is 5.66. The first-order valence-corrected chi connectivity index (χ1v) is 4.30. The Kier molecular flexibility index (Phi) is 2.73. The molecule has 64 valence electrons. The van der Waals surface area contributed by atoms with Gasteiger partial charge in [0.15, 0.2) is 6.17 Å². The number of halogens is 3. The van der Waals surface area contributed by atoms with Crippen LogP contribution in [0.1, 0.15) is 6.92 Å². The zero-order valence-corrected chi connectivity index (χ0v) is 8.16. The van der Waals surface area contributed by atoms with Gasteiger partial charge in [0, 0.05) is 6.54 Å². The molecule has 1 heterocycles. The Morgan fingerprint density at radius 2 is 2.27 bits per heavy atom. The second-order valence-corrected chi connectivity index (χ2v) is 4.52. The van der Waals surface area contributed by atoms with Crippen LogP contribution in [0.2, 0.25) is 0 Å². The van der Waals surface area contributed by atoms with E-state index in [0.29, 0.717) is 0 Å². The molecule has 3 nitrogen and oxygen atoms in total. The lowest BCUT2D eigenvalue weighted by Gasteiger charge is -2.27. The van der Waals surface area contributed by atoms with Crippen molar-refractivity contribution in [2.45, 2.75) is 16.9 Å². The molecular weight excluding hydrogens is 208 g/mol. The Hall–Kier alpha value is 0.140. The Bertz CT molecular complexity index is 165. The standard InChI is InChI=1S/C5H8Cl3N3/c1-2-11-3-9-10-4(11)5(6,7)8/h3-4,10H,2H2,1H3. The molecular formula is C5H8Cl3N3. The maximum atomic E-state index is 5.66. The normalized spacial score (nSPS) is 24.0. The highest BCUT2D eigenvalue weighted by Crippen LogP contribution is 2.32. The minimum absolute atomic E-state index is 0.350.